The van der Waals surface area contributed by atoms with Gasteiger partial charge in [-0.15, -0.1) is 0 Å². The molecule has 1 rings (SSSR count). The first-order valence-electron chi connectivity index (χ1n) is 3.81. The number of carbonyl (C=O) groups excluding carboxylic acids is 1. The highest BCUT2D eigenvalue weighted by Crippen LogP contribution is 2.25. The number of hydrogen-bond donors (Lipinski definition) is 1. The Morgan fingerprint density at radius 2 is 2.07 bits per heavy atom. The average Bonchev–Trinajstić information content (AvgIpc) is 2.07. The molecule has 0 bridgehead atoms. The summed E-state index contributed by atoms with van der Waals surface area (Å²) in [6, 6.07) is 4.08. The molecule has 0 aliphatic carbocycles. The highest BCUT2D eigenvalue weighted by atomic mass is 79.9. The summed E-state index contributed by atoms with van der Waals surface area (Å²) in [5.41, 5.74) is 0. The van der Waals surface area contributed by atoms with E-state index in [1.807, 2.05) is 4.72 Å². The Bertz CT molecular complexity index is 501. The lowest BCUT2D eigenvalue weighted by Crippen LogP contribution is -2.28. The van der Waals surface area contributed by atoms with E-state index in [0.717, 1.165) is 6.92 Å². The lowest BCUT2D eigenvalue weighted by atomic mass is 10.4. The molecule has 0 aliphatic heterocycles. The van der Waals surface area contributed by atoms with Gasteiger partial charge in [0, 0.05) is 11.4 Å². The third-order valence-corrected chi connectivity index (χ3v) is 4.12. The van der Waals surface area contributed by atoms with Crippen LogP contribution >= 0.6 is 27.5 Å². The van der Waals surface area contributed by atoms with Crippen LogP contribution in [0.1, 0.15) is 6.92 Å². The summed E-state index contributed by atoms with van der Waals surface area (Å²) in [4.78, 5) is 10.6. The summed E-state index contributed by atoms with van der Waals surface area (Å²) in [5, 5.41) is 0.400. The van der Waals surface area contributed by atoms with E-state index in [9.17, 15) is 13.2 Å². The Morgan fingerprint density at radius 1 is 1.47 bits per heavy atom. The molecule has 7 heteroatoms. The Balaban J connectivity index is 3.17. The van der Waals surface area contributed by atoms with Crippen molar-refractivity contribution in [3.8, 4) is 0 Å². The molecule has 0 aromatic heterocycles. The van der Waals surface area contributed by atoms with Crippen molar-refractivity contribution in [1.82, 2.24) is 4.72 Å². The number of rotatable bonds is 2. The molecular formula is C8H7BrClNO3S. The van der Waals surface area contributed by atoms with Crippen LogP contribution in [0.5, 0.6) is 0 Å². The third kappa shape index (κ3) is 3.19. The van der Waals surface area contributed by atoms with Crippen molar-refractivity contribution in [2.75, 3.05) is 0 Å². The third-order valence-electron chi connectivity index (χ3n) is 1.48. The van der Waals surface area contributed by atoms with Crippen LogP contribution in [0.3, 0.4) is 0 Å². The van der Waals surface area contributed by atoms with Gasteiger partial charge in [0.05, 0.1) is 9.92 Å². The summed E-state index contributed by atoms with van der Waals surface area (Å²) >= 11 is 8.80. The SMILES string of the molecule is CC(=O)NS(=O)(=O)c1ccc(Cl)c(Br)c1. The van der Waals surface area contributed by atoms with Crippen molar-refractivity contribution in [3.63, 3.8) is 0 Å². The maximum absolute atomic E-state index is 11.5. The molecule has 15 heavy (non-hydrogen) atoms. The van der Waals surface area contributed by atoms with E-state index in [4.69, 9.17) is 11.6 Å². The summed E-state index contributed by atoms with van der Waals surface area (Å²) in [5.74, 6) is -0.638. The Morgan fingerprint density at radius 3 is 2.53 bits per heavy atom. The van der Waals surface area contributed by atoms with Gasteiger partial charge < -0.3 is 0 Å². The van der Waals surface area contributed by atoms with Gasteiger partial charge in [-0.1, -0.05) is 11.6 Å². The van der Waals surface area contributed by atoms with Crippen molar-refractivity contribution in [1.29, 1.82) is 0 Å². The zero-order valence-corrected chi connectivity index (χ0v) is 10.8. The fourth-order valence-electron chi connectivity index (χ4n) is 0.892. The van der Waals surface area contributed by atoms with Crippen LogP contribution in [0.25, 0.3) is 0 Å². The lowest BCUT2D eigenvalue weighted by Gasteiger charge is -2.05. The molecule has 0 radical (unpaired) electrons. The number of hydrogen-bond acceptors (Lipinski definition) is 3. The predicted octanol–water partition coefficient (Wildman–Crippen LogP) is 1.93. The minimum absolute atomic E-state index is 0.0195. The standard InChI is InChI=1S/C8H7BrClNO3S/c1-5(12)11-15(13,14)6-2-3-8(10)7(9)4-6/h2-4H,1H3,(H,11,12). The fourth-order valence-corrected chi connectivity index (χ4v) is 2.56. The van der Waals surface area contributed by atoms with Gasteiger partial charge in [-0.05, 0) is 34.1 Å². The number of halogens is 2. The molecule has 0 unspecified atom stereocenters. The monoisotopic (exact) mass is 311 g/mol. The fraction of sp³-hybridized carbons (Fsp3) is 0.125. The molecule has 0 spiro atoms. The maximum Gasteiger partial charge on any atom is 0.264 e. The molecule has 1 aromatic rings. The first kappa shape index (κ1) is 12.5. The van der Waals surface area contributed by atoms with E-state index in [-0.39, 0.29) is 4.90 Å². The van der Waals surface area contributed by atoms with Gasteiger partial charge in [-0.2, -0.15) is 0 Å². The van der Waals surface area contributed by atoms with E-state index in [1.165, 1.54) is 18.2 Å². The van der Waals surface area contributed by atoms with E-state index in [0.29, 0.717) is 9.50 Å². The molecular weight excluding hydrogens is 306 g/mol. The first-order chi connectivity index (χ1) is 6.83. The smallest absolute Gasteiger partial charge is 0.264 e. The molecule has 82 valence electrons. The molecule has 0 atom stereocenters. The molecule has 1 N–H and O–H groups in total. The lowest BCUT2D eigenvalue weighted by molar-refractivity contribution is -0.117. The molecule has 1 aromatic carbocycles. The summed E-state index contributed by atoms with van der Waals surface area (Å²) in [6.07, 6.45) is 0. The molecule has 0 saturated carbocycles. The minimum atomic E-state index is -3.79. The van der Waals surface area contributed by atoms with Crippen molar-refractivity contribution < 1.29 is 13.2 Å². The molecule has 0 aliphatic rings. The quantitative estimate of drug-likeness (QED) is 0.907. The highest BCUT2D eigenvalue weighted by molar-refractivity contribution is 9.10. The molecule has 0 saturated heterocycles. The molecule has 1 amide bonds. The van der Waals surface area contributed by atoms with Crippen molar-refractivity contribution in [3.05, 3.63) is 27.7 Å². The minimum Gasteiger partial charge on any atom is -0.274 e. The van der Waals surface area contributed by atoms with Crippen molar-refractivity contribution in [2.45, 2.75) is 11.8 Å². The second-order valence-corrected chi connectivity index (χ2v) is 5.68. The van der Waals surface area contributed by atoms with Gasteiger partial charge in [0.1, 0.15) is 0 Å². The summed E-state index contributed by atoms with van der Waals surface area (Å²) in [7, 11) is -3.79. The van der Waals surface area contributed by atoms with Gasteiger partial charge in [0.25, 0.3) is 10.0 Å². The number of sulfonamides is 1. The average molecular weight is 313 g/mol. The van der Waals surface area contributed by atoms with Crippen LogP contribution in [0.15, 0.2) is 27.6 Å². The number of benzene rings is 1. The number of carbonyl (C=O) groups is 1. The van der Waals surface area contributed by atoms with Crippen LogP contribution in [0.4, 0.5) is 0 Å². The Kier molecular flexibility index (Phi) is 3.75. The van der Waals surface area contributed by atoms with Crippen LogP contribution < -0.4 is 4.72 Å². The van der Waals surface area contributed by atoms with E-state index in [1.54, 1.807) is 0 Å². The van der Waals surface area contributed by atoms with Gasteiger partial charge in [-0.25, -0.2) is 13.1 Å². The van der Waals surface area contributed by atoms with Crippen LogP contribution in [-0.2, 0) is 14.8 Å². The van der Waals surface area contributed by atoms with Gasteiger partial charge in [-0.3, -0.25) is 4.79 Å². The largest absolute Gasteiger partial charge is 0.274 e. The topological polar surface area (TPSA) is 63.2 Å². The zero-order chi connectivity index (χ0) is 11.6. The van der Waals surface area contributed by atoms with Crippen LogP contribution in [0, 0.1) is 0 Å². The summed E-state index contributed by atoms with van der Waals surface area (Å²) < 4.78 is 25.3. The van der Waals surface area contributed by atoms with Crippen molar-refractivity contribution >= 4 is 43.5 Å². The second-order valence-electron chi connectivity index (χ2n) is 2.74. The molecule has 0 fully saturated rings. The van der Waals surface area contributed by atoms with Crippen LogP contribution in [-0.4, -0.2) is 14.3 Å². The number of nitrogens with one attached hydrogen (secondary N) is 1. The van der Waals surface area contributed by atoms with E-state index >= 15 is 0 Å². The highest BCUT2D eigenvalue weighted by Gasteiger charge is 2.16. The zero-order valence-electron chi connectivity index (χ0n) is 7.62. The van der Waals surface area contributed by atoms with Crippen LogP contribution in [0.2, 0.25) is 5.02 Å². The normalized spacial score (nSPS) is 11.1. The Labute approximate surface area is 101 Å². The maximum atomic E-state index is 11.5. The summed E-state index contributed by atoms with van der Waals surface area (Å²) in [6.45, 7) is 1.13. The predicted molar refractivity (Wildman–Crippen MR) is 60.2 cm³/mol. The second kappa shape index (κ2) is 4.51. The van der Waals surface area contributed by atoms with E-state index < -0.39 is 15.9 Å². The van der Waals surface area contributed by atoms with E-state index in [2.05, 4.69) is 15.9 Å². The molecule has 4 nitrogen and oxygen atoms in total. The molecule has 0 heterocycles. The first-order valence-corrected chi connectivity index (χ1v) is 6.47. The number of amides is 1. The van der Waals surface area contributed by atoms with Gasteiger partial charge in [0.15, 0.2) is 0 Å². The van der Waals surface area contributed by atoms with Gasteiger partial charge >= 0.3 is 0 Å². The Hall–Kier alpha value is -0.590. The van der Waals surface area contributed by atoms with Crippen molar-refractivity contribution in [2.24, 2.45) is 0 Å². The van der Waals surface area contributed by atoms with Gasteiger partial charge in [0.2, 0.25) is 5.91 Å².